The van der Waals surface area contributed by atoms with Crippen LogP contribution < -0.4 is 0 Å². The van der Waals surface area contributed by atoms with Gasteiger partial charge in [-0.3, -0.25) is 0 Å². The fraction of sp³-hybridized carbons (Fsp3) is 0.333. The summed E-state index contributed by atoms with van der Waals surface area (Å²) in [4.78, 5) is 3.80. The Hall–Kier alpha value is -1.02. The lowest BCUT2D eigenvalue weighted by Crippen LogP contribution is -2.01. The van der Waals surface area contributed by atoms with Crippen LogP contribution in [0.3, 0.4) is 0 Å². The lowest BCUT2D eigenvalue weighted by Gasteiger charge is -2.09. The Morgan fingerprint density at radius 3 is 2.71 bits per heavy atom. The molecular formula is C9H7BrF2N2. The third-order valence-electron chi connectivity index (χ3n) is 1.80. The van der Waals surface area contributed by atoms with Crippen molar-refractivity contribution in [3.05, 3.63) is 28.6 Å². The Morgan fingerprint density at radius 1 is 1.64 bits per heavy atom. The highest BCUT2D eigenvalue weighted by Crippen LogP contribution is 2.27. The first-order chi connectivity index (χ1) is 6.60. The van der Waals surface area contributed by atoms with Gasteiger partial charge in [-0.05, 0) is 18.6 Å². The van der Waals surface area contributed by atoms with E-state index in [0.717, 1.165) is 0 Å². The van der Waals surface area contributed by atoms with Crippen molar-refractivity contribution in [1.82, 2.24) is 4.98 Å². The zero-order valence-electron chi connectivity index (χ0n) is 7.39. The van der Waals surface area contributed by atoms with Crippen LogP contribution in [0.15, 0.2) is 6.07 Å². The molecule has 0 fully saturated rings. The van der Waals surface area contributed by atoms with Crippen LogP contribution in [0, 0.1) is 18.3 Å². The molecule has 0 saturated heterocycles. The molecule has 0 N–H and O–H groups in total. The van der Waals surface area contributed by atoms with Crippen LogP contribution >= 0.6 is 15.9 Å². The van der Waals surface area contributed by atoms with Gasteiger partial charge in [-0.25, -0.2) is 13.8 Å². The monoisotopic (exact) mass is 260 g/mol. The third-order valence-corrected chi connectivity index (χ3v) is 2.33. The molecule has 0 bridgehead atoms. The van der Waals surface area contributed by atoms with E-state index in [1.54, 1.807) is 6.92 Å². The molecule has 1 aromatic rings. The highest BCUT2D eigenvalue weighted by Gasteiger charge is 2.17. The van der Waals surface area contributed by atoms with Gasteiger partial charge in [0.05, 0.1) is 5.69 Å². The van der Waals surface area contributed by atoms with Gasteiger partial charge < -0.3 is 0 Å². The molecule has 14 heavy (non-hydrogen) atoms. The summed E-state index contributed by atoms with van der Waals surface area (Å²) >= 11 is 3.07. The Morgan fingerprint density at radius 2 is 2.29 bits per heavy atom. The maximum absolute atomic E-state index is 12.6. The van der Waals surface area contributed by atoms with E-state index in [1.165, 1.54) is 6.07 Å². The largest absolute Gasteiger partial charge is 0.265 e. The molecule has 74 valence electrons. The molecule has 0 amide bonds. The van der Waals surface area contributed by atoms with Crippen molar-refractivity contribution in [1.29, 1.82) is 5.26 Å². The second-order valence-electron chi connectivity index (χ2n) is 2.73. The smallest absolute Gasteiger partial charge is 0.241 e. The Balaban J connectivity index is 3.36. The second-order valence-corrected chi connectivity index (χ2v) is 3.29. The van der Waals surface area contributed by atoms with Gasteiger partial charge in [0.1, 0.15) is 11.8 Å². The molecule has 1 rings (SSSR count). The average Bonchev–Trinajstić information content (AvgIpc) is 2.15. The Kier molecular flexibility index (Phi) is 3.53. The van der Waals surface area contributed by atoms with Crippen molar-refractivity contribution < 1.29 is 8.78 Å². The summed E-state index contributed by atoms with van der Waals surface area (Å²) in [5.74, 6) is 0. The number of halogens is 3. The van der Waals surface area contributed by atoms with Crippen LogP contribution in [-0.2, 0) is 5.33 Å². The van der Waals surface area contributed by atoms with Gasteiger partial charge in [-0.1, -0.05) is 15.9 Å². The molecule has 0 aliphatic carbocycles. The van der Waals surface area contributed by atoms with E-state index in [1.807, 2.05) is 6.07 Å². The second kappa shape index (κ2) is 4.47. The van der Waals surface area contributed by atoms with Crippen LogP contribution in [-0.4, -0.2) is 4.98 Å². The molecule has 0 aliphatic heterocycles. The topological polar surface area (TPSA) is 36.7 Å². The normalized spacial score (nSPS) is 10.3. The lowest BCUT2D eigenvalue weighted by atomic mass is 10.1. The van der Waals surface area contributed by atoms with E-state index >= 15 is 0 Å². The van der Waals surface area contributed by atoms with E-state index in [-0.39, 0.29) is 22.3 Å². The van der Waals surface area contributed by atoms with Crippen LogP contribution in [0.4, 0.5) is 8.78 Å². The molecule has 0 aliphatic rings. The predicted octanol–water partition coefficient (Wildman–Crippen LogP) is 3.09. The quantitative estimate of drug-likeness (QED) is 0.767. The molecule has 2 nitrogen and oxygen atoms in total. The van der Waals surface area contributed by atoms with Crippen LogP contribution in [0.25, 0.3) is 0 Å². The minimum absolute atomic E-state index is 0.0825. The predicted molar refractivity (Wildman–Crippen MR) is 51.3 cm³/mol. The van der Waals surface area contributed by atoms with Crippen LogP contribution in [0.5, 0.6) is 0 Å². The summed E-state index contributed by atoms with van der Waals surface area (Å²) in [6.45, 7) is 1.55. The number of aromatic nitrogens is 1. The van der Waals surface area contributed by atoms with Gasteiger partial charge in [0.2, 0.25) is 0 Å². The van der Waals surface area contributed by atoms with E-state index < -0.39 is 6.43 Å². The van der Waals surface area contributed by atoms with Crippen LogP contribution in [0.1, 0.15) is 28.9 Å². The van der Waals surface area contributed by atoms with Gasteiger partial charge in [-0.15, -0.1) is 0 Å². The van der Waals surface area contributed by atoms with Crippen molar-refractivity contribution in [3.63, 3.8) is 0 Å². The number of hydrogen-bond donors (Lipinski definition) is 0. The molecule has 0 aromatic carbocycles. The van der Waals surface area contributed by atoms with E-state index in [2.05, 4.69) is 20.9 Å². The first-order valence-corrected chi connectivity index (χ1v) is 4.97. The zero-order chi connectivity index (χ0) is 10.7. The lowest BCUT2D eigenvalue weighted by molar-refractivity contribution is 0.149. The molecule has 0 radical (unpaired) electrons. The van der Waals surface area contributed by atoms with Crippen molar-refractivity contribution in [2.24, 2.45) is 0 Å². The number of nitrogens with zero attached hydrogens (tertiary/aromatic N) is 2. The number of pyridine rings is 1. The summed E-state index contributed by atoms with van der Waals surface area (Å²) in [7, 11) is 0. The molecule has 0 unspecified atom stereocenters. The van der Waals surface area contributed by atoms with Crippen molar-refractivity contribution in [2.75, 3.05) is 0 Å². The van der Waals surface area contributed by atoms with Crippen molar-refractivity contribution in [2.45, 2.75) is 18.7 Å². The summed E-state index contributed by atoms with van der Waals surface area (Å²) < 4.78 is 25.1. The summed E-state index contributed by atoms with van der Waals surface area (Å²) in [5.41, 5.74) is 0.722. The molecule has 0 spiro atoms. The van der Waals surface area contributed by atoms with Gasteiger partial charge in [0, 0.05) is 10.9 Å². The number of aryl methyl sites for hydroxylation is 1. The van der Waals surface area contributed by atoms with E-state index in [0.29, 0.717) is 5.56 Å². The minimum Gasteiger partial charge on any atom is -0.241 e. The van der Waals surface area contributed by atoms with Gasteiger partial charge in [0.25, 0.3) is 6.43 Å². The standard InChI is InChI=1S/C9H7BrF2N2/c1-5-2-6(4-13)14-7(3-10)8(5)9(11)12/h2,9H,3H2,1H3. The first kappa shape index (κ1) is 11.1. The highest BCUT2D eigenvalue weighted by molar-refractivity contribution is 9.08. The molecular weight excluding hydrogens is 254 g/mol. The number of hydrogen-bond acceptors (Lipinski definition) is 2. The van der Waals surface area contributed by atoms with Gasteiger partial charge >= 0.3 is 0 Å². The zero-order valence-corrected chi connectivity index (χ0v) is 8.98. The average molecular weight is 261 g/mol. The summed E-state index contributed by atoms with van der Waals surface area (Å²) in [6.07, 6.45) is -2.55. The number of nitriles is 1. The number of alkyl halides is 3. The van der Waals surface area contributed by atoms with Gasteiger partial charge in [0.15, 0.2) is 0 Å². The molecule has 1 heterocycles. The molecule has 1 aromatic heterocycles. The SMILES string of the molecule is Cc1cc(C#N)nc(CBr)c1C(F)F. The molecule has 5 heteroatoms. The molecule has 0 atom stereocenters. The fourth-order valence-corrected chi connectivity index (χ4v) is 1.63. The van der Waals surface area contributed by atoms with E-state index in [4.69, 9.17) is 5.26 Å². The fourth-order valence-electron chi connectivity index (χ4n) is 1.21. The minimum atomic E-state index is -2.55. The maximum atomic E-state index is 12.6. The van der Waals surface area contributed by atoms with E-state index in [9.17, 15) is 8.78 Å². The third kappa shape index (κ3) is 2.07. The summed E-state index contributed by atoms with van der Waals surface area (Å²) in [6, 6.07) is 3.20. The number of rotatable bonds is 2. The highest BCUT2D eigenvalue weighted by atomic mass is 79.9. The van der Waals surface area contributed by atoms with Gasteiger partial charge in [-0.2, -0.15) is 5.26 Å². The summed E-state index contributed by atoms with van der Waals surface area (Å²) in [5, 5.41) is 8.82. The van der Waals surface area contributed by atoms with Crippen molar-refractivity contribution in [3.8, 4) is 6.07 Å². The Labute approximate surface area is 88.7 Å². The van der Waals surface area contributed by atoms with Crippen molar-refractivity contribution >= 4 is 15.9 Å². The first-order valence-electron chi connectivity index (χ1n) is 3.84. The Bertz CT molecular complexity index is 385. The van der Waals surface area contributed by atoms with Crippen LogP contribution in [0.2, 0.25) is 0 Å². The molecule has 0 saturated carbocycles. The maximum Gasteiger partial charge on any atom is 0.265 e.